The fraction of sp³-hybridized carbons (Fsp3) is 0.333. The molecule has 0 aliphatic carbocycles. The Labute approximate surface area is 131 Å². The number of sulfonamides is 1. The molecule has 0 unspecified atom stereocenters. The Morgan fingerprint density at radius 1 is 1.15 bits per heavy atom. The summed E-state index contributed by atoms with van der Waals surface area (Å²) in [7, 11) is -1.57. The van der Waals surface area contributed by atoms with Crippen molar-refractivity contribution in [3.63, 3.8) is 0 Å². The van der Waals surface area contributed by atoms with Gasteiger partial charge in [-0.25, -0.2) is 13.1 Å². The van der Waals surface area contributed by atoms with E-state index in [0.29, 0.717) is 8.55 Å². The molecule has 2 aromatic heterocycles. The summed E-state index contributed by atoms with van der Waals surface area (Å²) in [5.41, 5.74) is 0. The molecule has 0 fully saturated rings. The monoisotopic (exact) mass is 350 g/mol. The quantitative estimate of drug-likeness (QED) is 0.807. The molecule has 8 heteroatoms. The number of halogens is 1. The Kier molecular flexibility index (Phi) is 5.59. The second-order valence-electron chi connectivity index (χ2n) is 4.10. The molecule has 0 radical (unpaired) electrons. The summed E-state index contributed by atoms with van der Waals surface area (Å²) in [4.78, 5) is 1.95. The van der Waals surface area contributed by atoms with Crippen LogP contribution in [0.4, 0.5) is 0 Å². The molecular formula is C12H15ClN2O2S3. The summed E-state index contributed by atoms with van der Waals surface area (Å²) >= 11 is 8.50. The molecule has 0 aromatic carbocycles. The van der Waals surface area contributed by atoms with Crippen LogP contribution in [0.15, 0.2) is 28.5 Å². The molecule has 0 aliphatic heterocycles. The molecule has 0 aliphatic rings. The van der Waals surface area contributed by atoms with E-state index in [0.717, 1.165) is 22.7 Å². The van der Waals surface area contributed by atoms with Gasteiger partial charge in [0.05, 0.1) is 4.34 Å². The lowest BCUT2D eigenvalue weighted by Crippen LogP contribution is -2.21. The van der Waals surface area contributed by atoms with Gasteiger partial charge in [-0.3, -0.25) is 0 Å². The minimum absolute atomic E-state index is 0.267. The van der Waals surface area contributed by atoms with Crippen molar-refractivity contribution in [1.29, 1.82) is 0 Å². The van der Waals surface area contributed by atoms with E-state index in [-0.39, 0.29) is 6.54 Å². The normalized spacial score (nSPS) is 11.9. The van der Waals surface area contributed by atoms with Gasteiger partial charge in [-0.1, -0.05) is 11.6 Å². The second-order valence-corrected chi connectivity index (χ2v) is 9.07. The van der Waals surface area contributed by atoms with Gasteiger partial charge in [0.1, 0.15) is 4.21 Å². The van der Waals surface area contributed by atoms with Crippen molar-refractivity contribution >= 4 is 44.3 Å². The number of hydrogen-bond acceptors (Lipinski definition) is 5. The van der Waals surface area contributed by atoms with Crippen molar-refractivity contribution in [2.24, 2.45) is 0 Å². The third kappa shape index (κ3) is 4.28. The van der Waals surface area contributed by atoms with Gasteiger partial charge in [0.15, 0.2) is 0 Å². The minimum Gasteiger partial charge on any atom is -0.319 e. The van der Waals surface area contributed by atoms with Gasteiger partial charge in [-0.2, -0.15) is 0 Å². The fourth-order valence-electron chi connectivity index (χ4n) is 1.57. The standard InChI is InChI=1S/C12H15ClN2O2S3/c1-14-7-6-9-3-5-12(19-9)20(16,17)15-8-10-2-4-11(13)18-10/h2-5,14-15H,6-8H2,1H3. The van der Waals surface area contributed by atoms with Crippen LogP contribution < -0.4 is 10.0 Å². The highest BCUT2D eigenvalue weighted by atomic mass is 35.5. The molecule has 0 bridgehead atoms. The maximum atomic E-state index is 12.2. The third-order valence-corrected chi connectivity index (χ3v) is 6.86. The van der Waals surface area contributed by atoms with Crippen LogP contribution in [0.1, 0.15) is 9.75 Å². The molecule has 2 rings (SSSR count). The number of rotatable bonds is 7. The lowest BCUT2D eigenvalue weighted by atomic mass is 10.3. The first-order valence-corrected chi connectivity index (χ1v) is 9.48. The predicted molar refractivity (Wildman–Crippen MR) is 85.3 cm³/mol. The van der Waals surface area contributed by atoms with Crippen LogP contribution in [0, 0.1) is 0 Å². The Hall–Kier alpha value is -0.440. The molecule has 2 N–H and O–H groups in total. The average Bonchev–Trinajstić information content (AvgIpc) is 3.03. The number of thiophene rings is 2. The van der Waals surface area contributed by atoms with Crippen molar-refractivity contribution in [2.75, 3.05) is 13.6 Å². The summed E-state index contributed by atoms with van der Waals surface area (Å²) in [6.45, 7) is 1.10. The number of nitrogens with one attached hydrogen (secondary N) is 2. The van der Waals surface area contributed by atoms with Crippen molar-refractivity contribution in [2.45, 2.75) is 17.2 Å². The fourth-order valence-corrected chi connectivity index (χ4v) is 5.09. The molecule has 2 heterocycles. The smallest absolute Gasteiger partial charge is 0.250 e. The lowest BCUT2D eigenvalue weighted by Gasteiger charge is -2.02. The maximum absolute atomic E-state index is 12.2. The summed E-state index contributed by atoms with van der Waals surface area (Å²) in [6.07, 6.45) is 0.831. The molecule has 4 nitrogen and oxygen atoms in total. The largest absolute Gasteiger partial charge is 0.319 e. The van der Waals surface area contributed by atoms with Gasteiger partial charge in [-0.15, -0.1) is 22.7 Å². The molecule has 0 atom stereocenters. The van der Waals surface area contributed by atoms with Crippen molar-refractivity contribution < 1.29 is 8.42 Å². The highest BCUT2D eigenvalue weighted by Gasteiger charge is 2.16. The van der Waals surface area contributed by atoms with Crippen LogP contribution in [-0.4, -0.2) is 22.0 Å². The van der Waals surface area contributed by atoms with E-state index in [1.165, 1.54) is 22.7 Å². The molecule has 0 saturated carbocycles. The van der Waals surface area contributed by atoms with E-state index >= 15 is 0 Å². The molecule has 0 spiro atoms. The molecule has 20 heavy (non-hydrogen) atoms. The zero-order valence-electron chi connectivity index (χ0n) is 10.8. The maximum Gasteiger partial charge on any atom is 0.250 e. The highest BCUT2D eigenvalue weighted by Crippen LogP contribution is 2.24. The van der Waals surface area contributed by atoms with Crippen molar-refractivity contribution in [3.8, 4) is 0 Å². The lowest BCUT2D eigenvalue weighted by molar-refractivity contribution is 0.584. The van der Waals surface area contributed by atoms with E-state index in [4.69, 9.17) is 11.6 Å². The van der Waals surface area contributed by atoms with Crippen LogP contribution in [-0.2, 0) is 23.0 Å². The summed E-state index contributed by atoms with van der Waals surface area (Å²) < 4.78 is 27.9. The van der Waals surface area contributed by atoms with Crippen molar-refractivity contribution in [1.82, 2.24) is 10.0 Å². The minimum atomic E-state index is -3.44. The third-order valence-electron chi connectivity index (χ3n) is 2.59. The van der Waals surface area contributed by atoms with Gasteiger partial charge in [0.25, 0.3) is 0 Å². The van der Waals surface area contributed by atoms with E-state index < -0.39 is 10.0 Å². The van der Waals surface area contributed by atoms with Crippen molar-refractivity contribution in [3.05, 3.63) is 38.4 Å². The van der Waals surface area contributed by atoms with E-state index in [9.17, 15) is 8.42 Å². The second kappa shape index (κ2) is 7.02. The van der Waals surface area contributed by atoms with Crippen LogP contribution in [0.5, 0.6) is 0 Å². The summed E-state index contributed by atoms with van der Waals surface area (Å²) in [6, 6.07) is 7.09. The van der Waals surface area contributed by atoms with Gasteiger partial charge >= 0.3 is 0 Å². The predicted octanol–water partition coefficient (Wildman–Crippen LogP) is 2.70. The van der Waals surface area contributed by atoms with E-state index in [2.05, 4.69) is 10.0 Å². The first-order valence-electron chi connectivity index (χ1n) is 5.98. The zero-order chi connectivity index (χ0) is 14.6. The number of likely N-dealkylation sites (N-methyl/N-ethyl adjacent to an activating group) is 1. The van der Waals surface area contributed by atoms with Crippen LogP contribution >= 0.6 is 34.3 Å². The molecule has 0 amide bonds. The zero-order valence-corrected chi connectivity index (χ0v) is 14.1. The highest BCUT2D eigenvalue weighted by molar-refractivity contribution is 7.91. The van der Waals surface area contributed by atoms with Gasteiger partial charge in [0, 0.05) is 16.3 Å². The molecule has 2 aromatic rings. The first-order chi connectivity index (χ1) is 9.51. The van der Waals surface area contributed by atoms with Crippen LogP contribution in [0.2, 0.25) is 4.34 Å². The molecule has 0 saturated heterocycles. The van der Waals surface area contributed by atoms with Gasteiger partial charge in [0.2, 0.25) is 10.0 Å². The van der Waals surface area contributed by atoms with Gasteiger partial charge in [-0.05, 0) is 44.3 Å². The summed E-state index contributed by atoms with van der Waals surface area (Å²) in [5.74, 6) is 0. The molecular weight excluding hydrogens is 336 g/mol. The SMILES string of the molecule is CNCCc1ccc(S(=O)(=O)NCc2ccc(Cl)s2)s1. The topological polar surface area (TPSA) is 58.2 Å². The Morgan fingerprint density at radius 3 is 2.55 bits per heavy atom. The molecule has 110 valence electrons. The van der Waals surface area contributed by atoms with Crippen LogP contribution in [0.25, 0.3) is 0 Å². The van der Waals surface area contributed by atoms with Gasteiger partial charge < -0.3 is 5.32 Å². The Morgan fingerprint density at radius 2 is 1.90 bits per heavy atom. The average molecular weight is 351 g/mol. The van der Waals surface area contributed by atoms with Crippen LogP contribution in [0.3, 0.4) is 0 Å². The Bertz CT molecular complexity index is 664. The first kappa shape index (κ1) is 15.9. The summed E-state index contributed by atoms with van der Waals surface area (Å²) in [5, 5.41) is 3.04. The Balaban J connectivity index is 2.00. The number of hydrogen-bond donors (Lipinski definition) is 2. The van der Waals surface area contributed by atoms with E-state index in [1.54, 1.807) is 12.1 Å². The van der Waals surface area contributed by atoms with E-state index in [1.807, 2.05) is 19.2 Å².